The standard InChI is InChI=1S/C10H9FO4/c1-6(12)7-2-4-8(5-3-7)15-9(11)10(13)14/h2-5,9H,1H3,(H,13,14). The van der Waals surface area contributed by atoms with Gasteiger partial charge in [-0.05, 0) is 31.2 Å². The predicted molar refractivity (Wildman–Crippen MR) is 49.6 cm³/mol. The van der Waals surface area contributed by atoms with Crippen LogP contribution >= 0.6 is 0 Å². The van der Waals surface area contributed by atoms with Crippen LogP contribution in [0.2, 0.25) is 0 Å². The van der Waals surface area contributed by atoms with Gasteiger partial charge in [0.25, 0.3) is 0 Å². The van der Waals surface area contributed by atoms with E-state index < -0.39 is 12.3 Å². The third kappa shape index (κ3) is 3.05. The summed E-state index contributed by atoms with van der Waals surface area (Å²) in [6, 6.07) is 5.55. The molecule has 15 heavy (non-hydrogen) atoms. The van der Waals surface area contributed by atoms with Gasteiger partial charge in [-0.2, -0.15) is 4.39 Å². The molecular weight excluding hydrogens is 203 g/mol. The van der Waals surface area contributed by atoms with Crippen molar-refractivity contribution in [3.8, 4) is 5.75 Å². The van der Waals surface area contributed by atoms with E-state index in [1.807, 2.05) is 0 Å². The van der Waals surface area contributed by atoms with Gasteiger partial charge in [-0.15, -0.1) is 0 Å². The number of benzene rings is 1. The fourth-order valence-electron chi connectivity index (χ4n) is 0.938. The quantitative estimate of drug-likeness (QED) is 0.770. The monoisotopic (exact) mass is 212 g/mol. The minimum atomic E-state index is -2.40. The molecule has 0 spiro atoms. The summed E-state index contributed by atoms with van der Waals surface area (Å²) in [6.45, 7) is 1.39. The summed E-state index contributed by atoms with van der Waals surface area (Å²) in [5.41, 5.74) is 0.452. The lowest BCUT2D eigenvalue weighted by Crippen LogP contribution is -2.21. The Balaban J connectivity index is 2.72. The molecule has 0 bridgehead atoms. The maximum Gasteiger partial charge on any atom is 0.378 e. The van der Waals surface area contributed by atoms with Crippen LogP contribution in [0.15, 0.2) is 24.3 Å². The molecule has 1 aromatic rings. The van der Waals surface area contributed by atoms with Crippen molar-refractivity contribution in [1.29, 1.82) is 0 Å². The smallest absolute Gasteiger partial charge is 0.378 e. The Bertz CT molecular complexity index is 372. The number of carbonyl (C=O) groups excluding carboxylic acids is 1. The van der Waals surface area contributed by atoms with Crippen molar-refractivity contribution >= 4 is 11.8 Å². The second-order valence-electron chi connectivity index (χ2n) is 2.85. The molecule has 5 heteroatoms. The van der Waals surface area contributed by atoms with Gasteiger partial charge in [-0.25, -0.2) is 4.79 Å². The lowest BCUT2D eigenvalue weighted by Gasteiger charge is -2.07. The van der Waals surface area contributed by atoms with E-state index >= 15 is 0 Å². The Kier molecular flexibility index (Phi) is 3.38. The first-order chi connectivity index (χ1) is 7.00. The average Bonchev–Trinajstić information content (AvgIpc) is 2.18. The van der Waals surface area contributed by atoms with Crippen LogP contribution in [0, 0.1) is 0 Å². The first-order valence-electron chi connectivity index (χ1n) is 4.15. The highest BCUT2D eigenvalue weighted by atomic mass is 19.1. The Morgan fingerprint density at radius 2 is 1.87 bits per heavy atom. The lowest BCUT2D eigenvalue weighted by molar-refractivity contribution is -0.153. The van der Waals surface area contributed by atoms with Crippen molar-refractivity contribution in [1.82, 2.24) is 0 Å². The highest BCUT2D eigenvalue weighted by Gasteiger charge is 2.16. The second-order valence-corrected chi connectivity index (χ2v) is 2.85. The number of alkyl halides is 1. The van der Waals surface area contributed by atoms with E-state index in [0.29, 0.717) is 5.56 Å². The zero-order chi connectivity index (χ0) is 11.4. The van der Waals surface area contributed by atoms with Gasteiger partial charge in [-0.3, -0.25) is 4.79 Å². The van der Waals surface area contributed by atoms with Crippen LogP contribution in [0.3, 0.4) is 0 Å². The van der Waals surface area contributed by atoms with Crippen LogP contribution in [-0.4, -0.2) is 23.2 Å². The Morgan fingerprint density at radius 1 is 1.33 bits per heavy atom. The fraction of sp³-hybridized carbons (Fsp3) is 0.200. The van der Waals surface area contributed by atoms with Gasteiger partial charge in [0, 0.05) is 5.56 Å². The number of carbonyl (C=O) groups is 2. The molecule has 0 heterocycles. The number of carboxylic acid groups (broad SMARTS) is 1. The SMILES string of the molecule is CC(=O)c1ccc(OC(F)C(=O)O)cc1. The zero-order valence-electron chi connectivity index (χ0n) is 7.94. The van der Waals surface area contributed by atoms with Gasteiger partial charge in [0.2, 0.25) is 0 Å². The first kappa shape index (κ1) is 11.2. The minimum absolute atomic E-state index is 0.0647. The third-order valence-corrected chi connectivity index (χ3v) is 1.69. The number of Topliss-reactive ketones (excluding diaryl/α,β-unsaturated/α-hetero) is 1. The number of halogens is 1. The molecule has 0 saturated heterocycles. The molecule has 0 saturated carbocycles. The lowest BCUT2D eigenvalue weighted by atomic mass is 10.1. The number of aliphatic carboxylic acids is 1. The van der Waals surface area contributed by atoms with Crippen molar-refractivity contribution < 1.29 is 23.8 Å². The van der Waals surface area contributed by atoms with E-state index in [4.69, 9.17) is 5.11 Å². The van der Waals surface area contributed by atoms with E-state index in [1.165, 1.54) is 31.2 Å². The molecule has 0 aliphatic carbocycles. The van der Waals surface area contributed by atoms with Crippen LogP contribution in [0.1, 0.15) is 17.3 Å². The van der Waals surface area contributed by atoms with Gasteiger partial charge in [0.15, 0.2) is 5.78 Å². The molecule has 0 amide bonds. The molecule has 0 fully saturated rings. The number of rotatable bonds is 4. The third-order valence-electron chi connectivity index (χ3n) is 1.69. The molecule has 0 radical (unpaired) electrons. The molecule has 1 N–H and O–H groups in total. The van der Waals surface area contributed by atoms with Gasteiger partial charge >= 0.3 is 12.3 Å². The van der Waals surface area contributed by atoms with Crippen LogP contribution in [0.5, 0.6) is 5.75 Å². The summed E-state index contributed by atoms with van der Waals surface area (Å²) in [5.74, 6) is -1.75. The van der Waals surface area contributed by atoms with Crippen LogP contribution in [-0.2, 0) is 4.79 Å². The number of hydrogen-bond acceptors (Lipinski definition) is 3. The molecule has 80 valence electrons. The van der Waals surface area contributed by atoms with Crippen molar-refractivity contribution in [2.75, 3.05) is 0 Å². The molecule has 1 atom stereocenters. The van der Waals surface area contributed by atoms with Crippen LogP contribution < -0.4 is 4.74 Å². The molecular formula is C10H9FO4. The van der Waals surface area contributed by atoms with E-state index in [-0.39, 0.29) is 11.5 Å². The van der Waals surface area contributed by atoms with Crippen LogP contribution in [0.25, 0.3) is 0 Å². The number of hydrogen-bond donors (Lipinski definition) is 1. The van der Waals surface area contributed by atoms with Gasteiger partial charge in [0.1, 0.15) is 5.75 Å². The van der Waals surface area contributed by atoms with E-state index in [2.05, 4.69) is 4.74 Å². The van der Waals surface area contributed by atoms with E-state index in [9.17, 15) is 14.0 Å². The predicted octanol–water partition coefficient (Wildman–Crippen LogP) is 1.65. The van der Waals surface area contributed by atoms with E-state index in [0.717, 1.165) is 0 Å². The highest BCUT2D eigenvalue weighted by molar-refractivity contribution is 5.94. The van der Waals surface area contributed by atoms with Crippen molar-refractivity contribution in [2.45, 2.75) is 13.3 Å². The van der Waals surface area contributed by atoms with E-state index in [1.54, 1.807) is 0 Å². The number of carboxylic acids is 1. The summed E-state index contributed by atoms with van der Waals surface area (Å²) >= 11 is 0. The summed E-state index contributed by atoms with van der Waals surface area (Å²) in [6.07, 6.45) is -2.40. The fourth-order valence-corrected chi connectivity index (χ4v) is 0.938. The molecule has 4 nitrogen and oxygen atoms in total. The highest BCUT2D eigenvalue weighted by Crippen LogP contribution is 2.14. The molecule has 0 aliphatic rings. The largest absolute Gasteiger partial charge is 0.476 e. The number of ether oxygens (including phenoxy) is 1. The normalized spacial score (nSPS) is 11.9. The van der Waals surface area contributed by atoms with Crippen molar-refractivity contribution in [3.05, 3.63) is 29.8 Å². The molecule has 0 aliphatic heterocycles. The topological polar surface area (TPSA) is 63.6 Å². The Hall–Kier alpha value is -1.91. The van der Waals surface area contributed by atoms with Gasteiger partial charge in [-0.1, -0.05) is 0 Å². The molecule has 1 rings (SSSR count). The maximum absolute atomic E-state index is 12.6. The number of ketones is 1. The van der Waals surface area contributed by atoms with Crippen molar-refractivity contribution in [2.24, 2.45) is 0 Å². The zero-order valence-corrected chi connectivity index (χ0v) is 7.94. The molecule has 1 unspecified atom stereocenters. The summed E-state index contributed by atoms with van der Waals surface area (Å²) in [4.78, 5) is 21.0. The Morgan fingerprint density at radius 3 is 2.27 bits per heavy atom. The minimum Gasteiger partial charge on any atom is -0.476 e. The first-order valence-corrected chi connectivity index (χ1v) is 4.15. The summed E-state index contributed by atoms with van der Waals surface area (Å²) < 4.78 is 17.0. The average molecular weight is 212 g/mol. The summed E-state index contributed by atoms with van der Waals surface area (Å²) in [7, 11) is 0. The summed E-state index contributed by atoms with van der Waals surface area (Å²) in [5, 5.41) is 8.23. The van der Waals surface area contributed by atoms with Gasteiger partial charge < -0.3 is 9.84 Å². The second kappa shape index (κ2) is 4.54. The van der Waals surface area contributed by atoms with Gasteiger partial charge in [0.05, 0.1) is 0 Å². The Labute approximate surface area is 85.3 Å². The molecule has 1 aromatic carbocycles. The van der Waals surface area contributed by atoms with Crippen molar-refractivity contribution in [3.63, 3.8) is 0 Å². The molecule has 0 aromatic heterocycles. The maximum atomic E-state index is 12.6. The van der Waals surface area contributed by atoms with Crippen LogP contribution in [0.4, 0.5) is 4.39 Å².